The Labute approximate surface area is 128 Å². The number of carbonyl (C=O) groups excluding carboxylic acids is 1. The number of carbonyl (C=O) groups is 1. The summed E-state index contributed by atoms with van der Waals surface area (Å²) < 4.78 is 15.8. The minimum absolute atomic E-state index is 0.170. The van der Waals surface area contributed by atoms with Crippen LogP contribution in [-0.4, -0.2) is 38.9 Å². The van der Waals surface area contributed by atoms with E-state index in [4.69, 9.17) is 19.9 Å². The van der Waals surface area contributed by atoms with Gasteiger partial charge in [0.15, 0.2) is 5.75 Å². The second-order valence-corrected chi connectivity index (χ2v) is 5.90. The maximum absolute atomic E-state index is 11.9. The van der Waals surface area contributed by atoms with Crippen LogP contribution in [0.25, 0.3) is 0 Å². The van der Waals surface area contributed by atoms with E-state index in [9.17, 15) is 4.79 Å². The lowest BCUT2D eigenvalue weighted by atomic mass is 10.2. The number of nitrogens with one attached hydrogen (secondary N) is 1. The first-order valence-corrected chi connectivity index (χ1v) is 7.86. The maximum atomic E-state index is 11.9. The molecule has 3 N–H and O–H groups in total. The average Bonchev–Trinajstić information content (AvgIpc) is 3.04. The van der Waals surface area contributed by atoms with E-state index in [0.717, 1.165) is 24.3 Å². The second kappa shape index (κ2) is 7.00. The van der Waals surface area contributed by atoms with Crippen LogP contribution in [0.3, 0.4) is 0 Å². The SMILES string of the molecule is CCOC(=O)c1sc(NC2CCCC2OC)c(OC)c1N. The molecule has 7 heteroatoms. The molecule has 0 spiro atoms. The number of hydrogen-bond acceptors (Lipinski definition) is 7. The number of rotatable bonds is 6. The predicted molar refractivity (Wildman–Crippen MR) is 83.3 cm³/mol. The minimum Gasteiger partial charge on any atom is -0.492 e. The smallest absolute Gasteiger partial charge is 0.350 e. The van der Waals surface area contributed by atoms with Crippen LogP contribution in [0.2, 0.25) is 0 Å². The number of thiophene rings is 1. The van der Waals surface area contributed by atoms with E-state index in [1.165, 1.54) is 11.3 Å². The number of methoxy groups -OCH3 is 2. The van der Waals surface area contributed by atoms with Gasteiger partial charge < -0.3 is 25.3 Å². The van der Waals surface area contributed by atoms with E-state index in [2.05, 4.69) is 5.32 Å². The minimum atomic E-state index is -0.416. The fraction of sp³-hybridized carbons (Fsp3) is 0.643. The molecule has 2 unspecified atom stereocenters. The standard InChI is InChI=1S/C14H22N2O4S/c1-4-20-14(17)12-10(15)11(19-3)13(21-12)16-8-6-5-7-9(8)18-2/h8-9,16H,4-7,15H2,1-3H3. The van der Waals surface area contributed by atoms with Crippen molar-refractivity contribution in [2.75, 3.05) is 31.9 Å². The number of nitrogen functional groups attached to an aromatic ring is 1. The highest BCUT2D eigenvalue weighted by Crippen LogP contribution is 2.44. The van der Waals surface area contributed by atoms with E-state index in [1.54, 1.807) is 21.1 Å². The Bertz CT molecular complexity index is 503. The molecule has 0 radical (unpaired) electrons. The van der Waals surface area contributed by atoms with Gasteiger partial charge in [-0.05, 0) is 26.2 Å². The maximum Gasteiger partial charge on any atom is 0.350 e. The molecule has 0 bridgehead atoms. The normalized spacial score (nSPS) is 21.3. The van der Waals surface area contributed by atoms with E-state index < -0.39 is 5.97 Å². The van der Waals surface area contributed by atoms with Crippen molar-refractivity contribution < 1.29 is 19.0 Å². The third kappa shape index (κ3) is 3.24. The molecular weight excluding hydrogens is 292 g/mol. The molecule has 2 atom stereocenters. The molecular formula is C14H22N2O4S. The molecule has 0 amide bonds. The number of ether oxygens (including phenoxy) is 3. The summed E-state index contributed by atoms with van der Waals surface area (Å²) in [5, 5.41) is 4.16. The molecule has 1 fully saturated rings. The van der Waals surface area contributed by atoms with Crippen LogP contribution < -0.4 is 15.8 Å². The van der Waals surface area contributed by atoms with Gasteiger partial charge in [0.25, 0.3) is 0 Å². The zero-order chi connectivity index (χ0) is 15.4. The largest absolute Gasteiger partial charge is 0.492 e. The van der Waals surface area contributed by atoms with Gasteiger partial charge in [-0.2, -0.15) is 0 Å². The van der Waals surface area contributed by atoms with Gasteiger partial charge >= 0.3 is 5.97 Å². The van der Waals surface area contributed by atoms with Gasteiger partial charge in [0, 0.05) is 7.11 Å². The highest BCUT2D eigenvalue weighted by Gasteiger charge is 2.30. The first-order chi connectivity index (χ1) is 10.1. The summed E-state index contributed by atoms with van der Waals surface area (Å²) in [6, 6.07) is 0.206. The zero-order valence-corrected chi connectivity index (χ0v) is 13.4. The Kier molecular flexibility index (Phi) is 5.30. The van der Waals surface area contributed by atoms with Crippen LogP contribution in [0.5, 0.6) is 5.75 Å². The molecule has 118 valence electrons. The Balaban J connectivity index is 2.22. The van der Waals surface area contributed by atoms with Gasteiger partial charge in [0.05, 0.1) is 25.9 Å². The highest BCUT2D eigenvalue weighted by molar-refractivity contribution is 7.19. The van der Waals surface area contributed by atoms with Crippen molar-refractivity contribution in [3.05, 3.63) is 4.88 Å². The van der Waals surface area contributed by atoms with Crippen molar-refractivity contribution in [1.82, 2.24) is 0 Å². The van der Waals surface area contributed by atoms with Gasteiger partial charge in [-0.15, -0.1) is 11.3 Å². The quantitative estimate of drug-likeness (QED) is 0.785. The van der Waals surface area contributed by atoms with Crippen LogP contribution in [-0.2, 0) is 9.47 Å². The van der Waals surface area contributed by atoms with E-state index in [1.807, 2.05) is 0 Å². The lowest BCUT2D eigenvalue weighted by Gasteiger charge is -2.20. The van der Waals surface area contributed by atoms with Gasteiger partial charge in [0.2, 0.25) is 0 Å². The van der Waals surface area contributed by atoms with E-state index in [0.29, 0.717) is 22.9 Å². The van der Waals surface area contributed by atoms with Crippen LogP contribution in [0.4, 0.5) is 10.7 Å². The molecule has 2 rings (SSSR count). The predicted octanol–water partition coefficient (Wildman–Crippen LogP) is 2.50. The summed E-state index contributed by atoms with van der Waals surface area (Å²) in [5.41, 5.74) is 6.33. The number of esters is 1. The molecule has 1 aromatic heterocycles. The summed E-state index contributed by atoms with van der Waals surface area (Å²) in [7, 11) is 3.26. The molecule has 6 nitrogen and oxygen atoms in total. The first kappa shape index (κ1) is 15.9. The first-order valence-electron chi connectivity index (χ1n) is 7.05. The third-order valence-corrected chi connectivity index (χ3v) is 4.73. The Morgan fingerprint density at radius 1 is 1.43 bits per heavy atom. The average molecular weight is 314 g/mol. The number of anilines is 2. The van der Waals surface area contributed by atoms with Gasteiger partial charge in [-0.1, -0.05) is 0 Å². The van der Waals surface area contributed by atoms with Crippen molar-refractivity contribution in [3.8, 4) is 5.75 Å². The molecule has 21 heavy (non-hydrogen) atoms. The van der Waals surface area contributed by atoms with Crippen molar-refractivity contribution in [2.45, 2.75) is 38.3 Å². The topological polar surface area (TPSA) is 82.8 Å². The van der Waals surface area contributed by atoms with Crippen molar-refractivity contribution >= 4 is 28.0 Å². The van der Waals surface area contributed by atoms with Crippen LogP contribution in [0.1, 0.15) is 35.9 Å². The molecule has 0 aromatic carbocycles. The summed E-state index contributed by atoms with van der Waals surface area (Å²) in [6.07, 6.45) is 3.34. The van der Waals surface area contributed by atoms with E-state index in [-0.39, 0.29) is 12.1 Å². The number of nitrogens with two attached hydrogens (primary N) is 1. The van der Waals surface area contributed by atoms with Crippen molar-refractivity contribution in [1.29, 1.82) is 0 Å². The summed E-state index contributed by atoms with van der Waals surface area (Å²) in [4.78, 5) is 12.3. The second-order valence-electron chi connectivity index (χ2n) is 4.88. The van der Waals surface area contributed by atoms with Crippen molar-refractivity contribution in [3.63, 3.8) is 0 Å². The Morgan fingerprint density at radius 2 is 2.19 bits per heavy atom. The fourth-order valence-corrected chi connectivity index (χ4v) is 3.66. The molecule has 1 aliphatic rings. The van der Waals surface area contributed by atoms with Gasteiger partial charge in [-0.25, -0.2) is 4.79 Å². The molecule has 0 aliphatic heterocycles. The van der Waals surface area contributed by atoms with Crippen molar-refractivity contribution in [2.24, 2.45) is 0 Å². The third-order valence-electron chi connectivity index (χ3n) is 3.64. The van der Waals surface area contributed by atoms with Gasteiger partial charge in [0.1, 0.15) is 15.6 Å². The molecule has 1 saturated carbocycles. The van der Waals surface area contributed by atoms with Crippen LogP contribution in [0, 0.1) is 0 Å². The van der Waals surface area contributed by atoms with E-state index >= 15 is 0 Å². The zero-order valence-electron chi connectivity index (χ0n) is 12.6. The molecule has 1 aromatic rings. The Morgan fingerprint density at radius 3 is 2.81 bits per heavy atom. The molecule has 1 aliphatic carbocycles. The lowest BCUT2D eigenvalue weighted by molar-refractivity contribution is 0.0533. The highest BCUT2D eigenvalue weighted by atomic mass is 32.1. The summed E-state index contributed by atoms with van der Waals surface area (Å²) in [5.74, 6) is 0.0888. The van der Waals surface area contributed by atoms with Crippen LogP contribution >= 0.6 is 11.3 Å². The fourth-order valence-electron chi connectivity index (χ4n) is 2.62. The summed E-state index contributed by atoms with van der Waals surface area (Å²) >= 11 is 1.27. The summed E-state index contributed by atoms with van der Waals surface area (Å²) in [6.45, 7) is 2.08. The van der Waals surface area contributed by atoms with Crippen LogP contribution in [0.15, 0.2) is 0 Å². The Hall–Kier alpha value is -1.47. The van der Waals surface area contributed by atoms with Gasteiger partial charge in [-0.3, -0.25) is 0 Å². The number of hydrogen-bond donors (Lipinski definition) is 2. The lowest BCUT2D eigenvalue weighted by Crippen LogP contribution is -2.29. The monoisotopic (exact) mass is 314 g/mol. The molecule has 1 heterocycles. The molecule has 0 saturated heterocycles.